The van der Waals surface area contributed by atoms with Crippen LogP contribution in [0.2, 0.25) is 0 Å². The van der Waals surface area contributed by atoms with Crippen LogP contribution in [0.15, 0.2) is 24.3 Å². The van der Waals surface area contributed by atoms with Crippen molar-refractivity contribution in [1.82, 2.24) is 10.6 Å². The van der Waals surface area contributed by atoms with Gasteiger partial charge >= 0.3 is 0 Å². The number of nitrogens with one attached hydrogen (secondary N) is 2. The van der Waals surface area contributed by atoms with Crippen LogP contribution < -0.4 is 10.6 Å². The highest BCUT2D eigenvalue weighted by molar-refractivity contribution is 5.89. The highest BCUT2D eigenvalue weighted by Gasteiger charge is 2.24. The number of hydrogen-bond donors (Lipinski definition) is 2. The Bertz CT molecular complexity index is 478. The molecule has 0 bridgehead atoms. The molecule has 110 valence electrons. The molecule has 0 fully saturated rings. The minimum absolute atomic E-state index is 0.179. The fourth-order valence-corrected chi connectivity index (χ4v) is 1.42. The molecule has 0 aromatic heterocycles. The van der Waals surface area contributed by atoms with E-state index < -0.39 is 11.5 Å². The molecule has 1 atom stereocenters. The Labute approximate surface area is 118 Å². The van der Waals surface area contributed by atoms with Crippen LogP contribution in [0, 0.1) is 11.2 Å². The Morgan fingerprint density at radius 3 is 2.25 bits per heavy atom. The third kappa shape index (κ3) is 4.99. The predicted molar refractivity (Wildman–Crippen MR) is 75.3 cm³/mol. The van der Waals surface area contributed by atoms with Gasteiger partial charge < -0.3 is 10.6 Å². The Kier molecular flexibility index (Phi) is 5.25. The van der Waals surface area contributed by atoms with Gasteiger partial charge in [-0.2, -0.15) is 0 Å². The average Bonchev–Trinajstić information content (AvgIpc) is 2.36. The molecular weight excluding hydrogens is 259 g/mol. The maximum absolute atomic E-state index is 12.7. The largest absolute Gasteiger partial charge is 0.350 e. The lowest BCUT2D eigenvalue weighted by Gasteiger charge is -2.21. The maximum Gasteiger partial charge on any atom is 0.242 e. The van der Waals surface area contributed by atoms with Crippen molar-refractivity contribution in [2.75, 3.05) is 0 Å². The number of carbonyl (C=O) groups is 2. The van der Waals surface area contributed by atoms with Crippen LogP contribution in [0.25, 0.3) is 0 Å². The van der Waals surface area contributed by atoms with Crippen LogP contribution in [-0.4, -0.2) is 17.9 Å². The molecule has 0 radical (unpaired) electrons. The molecule has 0 spiro atoms. The number of hydrogen-bond acceptors (Lipinski definition) is 2. The molecule has 2 amide bonds. The SMILES string of the molecule is C[C@H](NC(=O)C(C)(C)C)C(=O)NCc1ccc(F)cc1. The number of amides is 2. The summed E-state index contributed by atoms with van der Waals surface area (Å²) in [7, 11) is 0. The summed E-state index contributed by atoms with van der Waals surface area (Å²) in [5, 5.41) is 5.35. The zero-order valence-corrected chi connectivity index (χ0v) is 12.3. The standard InChI is InChI=1S/C15H21FN2O2/c1-10(18-14(20)15(2,3)4)13(19)17-9-11-5-7-12(16)8-6-11/h5-8,10H,9H2,1-4H3,(H,17,19)(H,18,20)/t10-/m0/s1. The molecule has 1 aromatic carbocycles. The Morgan fingerprint density at radius 1 is 1.20 bits per heavy atom. The van der Waals surface area contributed by atoms with E-state index >= 15 is 0 Å². The first-order chi connectivity index (χ1) is 9.20. The molecule has 0 unspecified atom stereocenters. The summed E-state index contributed by atoms with van der Waals surface area (Å²) in [5.74, 6) is -0.764. The molecular formula is C15H21FN2O2. The van der Waals surface area contributed by atoms with E-state index in [0.717, 1.165) is 5.56 Å². The number of halogens is 1. The second kappa shape index (κ2) is 6.50. The molecule has 0 saturated carbocycles. The molecule has 0 aliphatic heterocycles. The molecule has 1 aromatic rings. The van der Waals surface area contributed by atoms with Crippen LogP contribution in [-0.2, 0) is 16.1 Å². The highest BCUT2D eigenvalue weighted by Crippen LogP contribution is 2.12. The molecule has 0 heterocycles. The minimum Gasteiger partial charge on any atom is -0.350 e. The number of rotatable bonds is 4. The quantitative estimate of drug-likeness (QED) is 0.886. The van der Waals surface area contributed by atoms with Gasteiger partial charge in [-0.1, -0.05) is 32.9 Å². The van der Waals surface area contributed by atoms with Crippen molar-refractivity contribution in [1.29, 1.82) is 0 Å². The third-order valence-electron chi connectivity index (χ3n) is 2.80. The minimum atomic E-state index is -0.609. The van der Waals surface area contributed by atoms with Crippen molar-refractivity contribution < 1.29 is 14.0 Å². The van der Waals surface area contributed by atoms with Crippen molar-refractivity contribution in [2.45, 2.75) is 40.3 Å². The molecule has 20 heavy (non-hydrogen) atoms. The van der Waals surface area contributed by atoms with Gasteiger partial charge in [-0.05, 0) is 24.6 Å². The maximum atomic E-state index is 12.7. The van der Waals surface area contributed by atoms with Gasteiger partial charge in [-0.25, -0.2) is 4.39 Å². The third-order valence-corrected chi connectivity index (χ3v) is 2.80. The summed E-state index contributed by atoms with van der Waals surface area (Å²) in [6.45, 7) is 7.28. The van der Waals surface area contributed by atoms with Crippen LogP contribution in [0.1, 0.15) is 33.3 Å². The molecule has 0 saturated heterocycles. The Morgan fingerprint density at radius 2 is 1.75 bits per heavy atom. The molecule has 0 aliphatic carbocycles. The summed E-state index contributed by atoms with van der Waals surface area (Å²) in [6, 6.07) is 5.28. The number of carbonyl (C=O) groups excluding carboxylic acids is 2. The summed E-state index contributed by atoms with van der Waals surface area (Å²) in [6.07, 6.45) is 0. The van der Waals surface area contributed by atoms with Gasteiger partial charge in [-0.15, -0.1) is 0 Å². The van der Waals surface area contributed by atoms with Gasteiger partial charge in [0.25, 0.3) is 0 Å². The summed E-state index contributed by atoms with van der Waals surface area (Å²) >= 11 is 0. The van der Waals surface area contributed by atoms with Crippen LogP contribution in [0.3, 0.4) is 0 Å². The van der Waals surface area contributed by atoms with Gasteiger partial charge in [0.1, 0.15) is 11.9 Å². The summed E-state index contributed by atoms with van der Waals surface area (Å²) < 4.78 is 12.7. The van der Waals surface area contributed by atoms with Crippen molar-refractivity contribution in [3.05, 3.63) is 35.6 Å². The van der Waals surface area contributed by atoms with Crippen molar-refractivity contribution in [3.8, 4) is 0 Å². The molecule has 1 rings (SSSR count). The highest BCUT2D eigenvalue weighted by atomic mass is 19.1. The van der Waals surface area contributed by atoms with E-state index in [9.17, 15) is 14.0 Å². The average molecular weight is 280 g/mol. The lowest BCUT2D eigenvalue weighted by atomic mass is 9.95. The fraction of sp³-hybridized carbons (Fsp3) is 0.467. The van der Waals surface area contributed by atoms with E-state index in [1.54, 1.807) is 39.8 Å². The van der Waals surface area contributed by atoms with Crippen molar-refractivity contribution in [2.24, 2.45) is 5.41 Å². The summed E-state index contributed by atoms with van der Waals surface area (Å²) in [4.78, 5) is 23.6. The van der Waals surface area contributed by atoms with Gasteiger partial charge in [0.05, 0.1) is 0 Å². The summed E-state index contributed by atoms with van der Waals surface area (Å²) in [5.41, 5.74) is 0.264. The smallest absolute Gasteiger partial charge is 0.242 e. The van der Waals surface area contributed by atoms with E-state index in [4.69, 9.17) is 0 Å². The van der Waals surface area contributed by atoms with Gasteiger partial charge in [0.15, 0.2) is 0 Å². The number of benzene rings is 1. The second-order valence-electron chi connectivity index (χ2n) is 5.79. The second-order valence-corrected chi connectivity index (χ2v) is 5.79. The Hall–Kier alpha value is -1.91. The van der Waals surface area contributed by atoms with E-state index in [1.165, 1.54) is 12.1 Å². The monoisotopic (exact) mass is 280 g/mol. The normalized spacial score (nSPS) is 12.7. The van der Waals surface area contributed by atoms with E-state index in [2.05, 4.69) is 10.6 Å². The van der Waals surface area contributed by atoms with Crippen LogP contribution >= 0.6 is 0 Å². The molecule has 0 aliphatic rings. The van der Waals surface area contributed by atoms with Crippen molar-refractivity contribution >= 4 is 11.8 Å². The van der Waals surface area contributed by atoms with Gasteiger partial charge in [0, 0.05) is 12.0 Å². The van der Waals surface area contributed by atoms with Crippen molar-refractivity contribution in [3.63, 3.8) is 0 Å². The fourth-order valence-electron chi connectivity index (χ4n) is 1.42. The molecule has 5 heteroatoms. The molecule has 2 N–H and O–H groups in total. The lowest BCUT2D eigenvalue weighted by Crippen LogP contribution is -2.48. The van der Waals surface area contributed by atoms with Gasteiger partial charge in [-0.3, -0.25) is 9.59 Å². The van der Waals surface area contributed by atoms with E-state index in [0.29, 0.717) is 6.54 Å². The zero-order valence-electron chi connectivity index (χ0n) is 12.3. The van der Waals surface area contributed by atoms with Crippen LogP contribution in [0.4, 0.5) is 4.39 Å². The zero-order chi connectivity index (χ0) is 15.3. The van der Waals surface area contributed by atoms with E-state index in [-0.39, 0.29) is 17.6 Å². The Balaban J connectivity index is 2.46. The van der Waals surface area contributed by atoms with Gasteiger partial charge in [0.2, 0.25) is 11.8 Å². The predicted octanol–water partition coefficient (Wildman–Crippen LogP) is 1.99. The topological polar surface area (TPSA) is 58.2 Å². The van der Waals surface area contributed by atoms with Crippen LogP contribution in [0.5, 0.6) is 0 Å². The molecule has 4 nitrogen and oxygen atoms in total. The first kappa shape index (κ1) is 16.1. The first-order valence-corrected chi connectivity index (χ1v) is 6.53. The van der Waals surface area contributed by atoms with E-state index in [1.807, 2.05) is 0 Å². The first-order valence-electron chi connectivity index (χ1n) is 6.53. The lowest BCUT2D eigenvalue weighted by molar-refractivity contribution is -0.133.